The van der Waals surface area contributed by atoms with Gasteiger partial charge in [0.05, 0.1) is 12.5 Å². The lowest BCUT2D eigenvalue weighted by Gasteiger charge is -2.39. The van der Waals surface area contributed by atoms with Crippen molar-refractivity contribution in [3.63, 3.8) is 0 Å². The number of aromatic nitrogens is 1. The van der Waals surface area contributed by atoms with Crippen molar-refractivity contribution in [3.8, 4) is 0 Å². The number of hydrogen-bond donors (Lipinski definition) is 3. The molecule has 7 heteroatoms. The summed E-state index contributed by atoms with van der Waals surface area (Å²) in [7, 11) is 0. The van der Waals surface area contributed by atoms with Crippen LogP contribution in [0.3, 0.4) is 0 Å². The van der Waals surface area contributed by atoms with Crippen molar-refractivity contribution in [1.82, 2.24) is 10.3 Å². The van der Waals surface area contributed by atoms with Gasteiger partial charge in [-0.3, -0.25) is 9.59 Å². The number of carboxylic acids is 1. The van der Waals surface area contributed by atoms with Gasteiger partial charge in [0.15, 0.2) is 11.4 Å². The maximum atomic E-state index is 13.7. The van der Waals surface area contributed by atoms with E-state index in [1.54, 1.807) is 0 Å². The lowest BCUT2D eigenvalue weighted by molar-refractivity contribution is -0.137. The number of anilines is 2. The molecule has 1 aliphatic heterocycles. The van der Waals surface area contributed by atoms with Gasteiger partial charge in [0.1, 0.15) is 5.52 Å². The minimum absolute atomic E-state index is 0.0764. The number of nitrogens with one attached hydrogen (secondary N) is 2. The zero-order valence-corrected chi connectivity index (χ0v) is 23.2. The van der Waals surface area contributed by atoms with E-state index in [2.05, 4.69) is 21.7 Å². The number of carbonyl (C=O) groups excluding carboxylic acids is 1. The van der Waals surface area contributed by atoms with Gasteiger partial charge in [-0.05, 0) is 85.0 Å². The summed E-state index contributed by atoms with van der Waals surface area (Å²) in [4.78, 5) is 30.1. The quantitative estimate of drug-likeness (QED) is 0.203. The first-order valence-corrected chi connectivity index (χ1v) is 14.4. The summed E-state index contributed by atoms with van der Waals surface area (Å²) in [5.41, 5.74) is 6.45. The number of fused-ring (bicyclic) bond motifs is 2. The van der Waals surface area contributed by atoms with Crippen LogP contribution in [0.2, 0.25) is 0 Å². The number of nitrogens with zero attached hydrogens (tertiary/aromatic N) is 1. The highest BCUT2D eigenvalue weighted by atomic mass is 16.4. The summed E-state index contributed by atoms with van der Waals surface area (Å²) in [6.45, 7) is 2.83. The monoisotopic (exact) mass is 549 g/mol. The molecule has 3 aromatic carbocycles. The first-order chi connectivity index (χ1) is 19.9. The number of benzene rings is 3. The predicted octanol–water partition coefficient (Wildman–Crippen LogP) is 6.56. The highest BCUT2D eigenvalue weighted by molar-refractivity contribution is 5.90. The van der Waals surface area contributed by atoms with Gasteiger partial charge < -0.3 is 20.2 Å². The Balaban J connectivity index is 1.21. The zero-order chi connectivity index (χ0) is 28.3. The van der Waals surface area contributed by atoms with Crippen LogP contribution in [0.15, 0.2) is 88.9 Å². The molecule has 1 saturated heterocycles. The van der Waals surface area contributed by atoms with Gasteiger partial charge in [-0.25, -0.2) is 0 Å². The van der Waals surface area contributed by atoms with Gasteiger partial charge in [-0.1, -0.05) is 60.7 Å². The van der Waals surface area contributed by atoms with Crippen LogP contribution in [0.25, 0.3) is 11.1 Å². The maximum Gasteiger partial charge on any atom is 0.303 e. The average Bonchev–Trinajstić information content (AvgIpc) is 3.38. The van der Waals surface area contributed by atoms with E-state index in [9.17, 15) is 14.7 Å². The molecular formula is C34H35N3O4. The van der Waals surface area contributed by atoms with Crippen LogP contribution in [0.4, 0.5) is 11.7 Å². The molecule has 0 radical (unpaired) electrons. The maximum absolute atomic E-state index is 13.7. The molecule has 6 rings (SSSR count). The fourth-order valence-corrected chi connectivity index (χ4v) is 6.48. The van der Waals surface area contributed by atoms with E-state index in [1.165, 1.54) is 0 Å². The van der Waals surface area contributed by atoms with Crippen LogP contribution < -0.4 is 10.6 Å². The number of aryl methyl sites for hydroxylation is 1. The van der Waals surface area contributed by atoms with Gasteiger partial charge in [-0.15, -0.1) is 0 Å². The smallest absolute Gasteiger partial charge is 0.303 e. The standard InChI is InChI=1S/C34H35N3O4/c1-21-7-5-6-10-28(21)36-34-37-29-14-11-22(18-31(29)41-34)17-30(38)33-27-19-25(13-12-24(27)15-16-35-33)26(20-32(39)40)23-8-3-2-4-9-23/h2-11,14,18-19,24-26,33,35H,12-13,15-17,20H2,1H3,(H,36,37)(H,39,40). The van der Waals surface area contributed by atoms with E-state index < -0.39 is 5.97 Å². The normalized spacial score (nSPS) is 21.1. The van der Waals surface area contributed by atoms with Crippen molar-refractivity contribution in [1.29, 1.82) is 0 Å². The van der Waals surface area contributed by atoms with Gasteiger partial charge in [0.25, 0.3) is 6.01 Å². The molecule has 4 atom stereocenters. The summed E-state index contributed by atoms with van der Waals surface area (Å²) < 4.78 is 5.99. The minimum atomic E-state index is -0.797. The first kappa shape index (κ1) is 27.0. The molecule has 210 valence electrons. The Morgan fingerprint density at radius 2 is 1.85 bits per heavy atom. The number of para-hydroxylation sites is 1. The zero-order valence-electron chi connectivity index (χ0n) is 23.2. The lowest BCUT2D eigenvalue weighted by Crippen LogP contribution is -2.47. The summed E-state index contributed by atoms with van der Waals surface area (Å²) >= 11 is 0. The molecule has 1 fully saturated rings. The summed E-state index contributed by atoms with van der Waals surface area (Å²) in [5.74, 6) is -0.354. The van der Waals surface area contributed by atoms with Gasteiger partial charge in [-0.2, -0.15) is 4.98 Å². The van der Waals surface area contributed by atoms with E-state index in [1.807, 2.05) is 79.7 Å². The van der Waals surface area contributed by atoms with Crippen molar-refractivity contribution in [3.05, 3.63) is 101 Å². The van der Waals surface area contributed by atoms with E-state index in [0.29, 0.717) is 17.5 Å². The molecule has 0 amide bonds. The number of Topliss-reactive ketones (excluding diaryl/α,β-unsaturated/α-hetero) is 1. The molecule has 41 heavy (non-hydrogen) atoms. The summed E-state index contributed by atoms with van der Waals surface area (Å²) in [6.07, 6.45) is 5.49. The van der Waals surface area contributed by atoms with E-state index >= 15 is 0 Å². The lowest BCUT2D eigenvalue weighted by atomic mass is 9.69. The fourth-order valence-electron chi connectivity index (χ4n) is 6.48. The summed E-state index contributed by atoms with van der Waals surface area (Å²) in [6, 6.07) is 23.7. The van der Waals surface area contributed by atoms with Crippen LogP contribution in [-0.2, 0) is 16.0 Å². The molecule has 4 unspecified atom stereocenters. The Morgan fingerprint density at radius 3 is 2.66 bits per heavy atom. The van der Waals surface area contributed by atoms with Crippen molar-refractivity contribution in [2.24, 2.45) is 11.8 Å². The Hall–Kier alpha value is -4.23. The molecule has 4 aromatic rings. The molecule has 1 aromatic heterocycles. The fraction of sp³-hybridized carbons (Fsp3) is 0.324. The third-order valence-electron chi connectivity index (χ3n) is 8.58. The van der Waals surface area contributed by atoms with Crippen LogP contribution in [0.1, 0.15) is 48.3 Å². The third kappa shape index (κ3) is 5.95. The van der Waals surface area contributed by atoms with Crippen LogP contribution in [0.5, 0.6) is 0 Å². The summed E-state index contributed by atoms with van der Waals surface area (Å²) in [5, 5.41) is 16.4. The first-order valence-electron chi connectivity index (χ1n) is 14.4. The van der Waals surface area contributed by atoms with Crippen molar-refractivity contribution >= 4 is 34.6 Å². The molecule has 3 N–H and O–H groups in total. The molecule has 0 spiro atoms. The number of carboxylic acid groups (broad SMARTS) is 1. The van der Waals surface area contributed by atoms with E-state index in [0.717, 1.165) is 59.3 Å². The van der Waals surface area contributed by atoms with Crippen LogP contribution in [0, 0.1) is 18.8 Å². The predicted molar refractivity (Wildman–Crippen MR) is 159 cm³/mol. The van der Waals surface area contributed by atoms with E-state index in [4.69, 9.17) is 4.42 Å². The number of aliphatic carboxylic acids is 1. The van der Waals surface area contributed by atoms with Gasteiger partial charge >= 0.3 is 5.97 Å². The Bertz CT molecular complexity index is 1590. The third-order valence-corrected chi connectivity index (χ3v) is 8.58. The van der Waals surface area contributed by atoms with Crippen LogP contribution in [-0.4, -0.2) is 34.4 Å². The van der Waals surface area contributed by atoms with Crippen molar-refractivity contribution < 1.29 is 19.1 Å². The molecule has 0 bridgehead atoms. The van der Waals surface area contributed by atoms with Crippen molar-refractivity contribution in [2.45, 2.75) is 51.0 Å². The molecular weight excluding hydrogens is 514 g/mol. The van der Waals surface area contributed by atoms with Gasteiger partial charge in [0, 0.05) is 18.0 Å². The number of ketones is 1. The second-order valence-corrected chi connectivity index (χ2v) is 11.3. The molecule has 2 aliphatic rings. The topological polar surface area (TPSA) is 104 Å². The number of carbonyl (C=O) groups is 2. The number of oxazole rings is 1. The molecule has 2 heterocycles. The van der Waals surface area contributed by atoms with Gasteiger partial charge in [0.2, 0.25) is 0 Å². The highest BCUT2D eigenvalue weighted by Crippen LogP contribution is 2.42. The second-order valence-electron chi connectivity index (χ2n) is 11.3. The second kappa shape index (κ2) is 11.7. The number of rotatable bonds is 9. The highest BCUT2D eigenvalue weighted by Gasteiger charge is 2.37. The van der Waals surface area contributed by atoms with E-state index in [-0.39, 0.29) is 36.5 Å². The average molecular weight is 550 g/mol. The molecule has 0 saturated carbocycles. The van der Waals surface area contributed by atoms with Crippen LogP contribution >= 0.6 is 0 Å². The Kier molecular flexibility index (Phi) is 7.70. The molecule has 7 nitrogen and oxygen atoms in total. The largest absolute Gasteiger partial charge is 0.481 e. The number of allylic oxidation sites excluding steroid dienone is 1. The number of hydrogen-bond acceptors (Lipinski definition) is 6. The molecule has 1 aliphatic carbocycles. The Labute approximate surface area is 239 Å². The SMILES string of the molecule is Cc1ccccc1Nc1nc2ccc(CC(=O)C3NCCC4CCC(C(CC(=O)O)c5ccccc5)C=C43)cc2o1. The number of piperidine rings is 1. The Morgan fingerprint density at radius 1 is 1.05 bits per heavy atom. The minimum Gasteiger partial charge on any atom is -0.481 e. The van der Waals surface area contributed by atoms with Crippen molar-refractivity contribution in [2.75, 3.05) is 11.9 Å².